The Kier molecular flexibility index (Phi) is 6.57. The van der Waals surface area contributed by atoms with Gasteiger partial charge in [0.1, 0.15) is 10.5 Å². The van der Waals surface area contributed by atoms with Crippen molar-refractivity contribution >= 4 is 10.5 Å². The Hall–Kier alpha value is -0.683. The van der Waals surface area contributed by atoms with Gasteiger partial charge in [-0.3, -0.25) is 0 Å². The summed E-state index contributed by atoms with van der Waals surface area (Å²) in [5, 5.41) is 3.11. The van der Waals surface area contributed by atoms with Crippen LogP contribution in [0.3, 0.4) is 0 Å². The average molecular weight is 267 g/mol. The highest BCUT2D eigenvalue weighted by molar-refractivity contribution is 5.98. The standard InChI is InChI=1S/C11H18N.C3H9NOSi/c1-12(2,3)10-9-11-7-5-4-6-8-11;6-5-3-1-4-2-3/h4-8H,9-10H2,1-3H3;3-4H,1-2H2,6H3/q+1;. The summed E-state index contributed by atoms with van der Waals surface area (Å²) < 4.78 is 6.10. The van der Waals surface area contributed by atoms with Crippen molar-refractivity contribution in [2.75, 3.05) is 40.8 Å². The van der Waals surface area contributed by atoms with Crippen LogP contribution in [-0.2, 0) is 10.8 Å². The predicted octanol–water partition coefficient (Wildman–Crippen LogP) is 0.191. The lowest BCUT2D eigenvalue weighted by Crippen LogP contribution is -2.48. The molecule has 3 nitrogen and oxygen atoms in total. The molecule has 4 heteroatoms. The van der Waals surface area contributed by atoms with E-state index in [4.69, 9.17) is 4.43 Å². The van der Waals surface area contributed by atoms with E-state index in [1.807, 2.05) is 0 Å². The third kappa shape index (κ3) is 6.91. The number of likely N-dealkylation sites (N-methyl/N-ethyl adjacent to an activating group) is 1. The molecule has 1 N–H and O–H groups in total. The first-order chi connectivity index (χ1) is 8.51. The van der Waals surface area contributed by atoms with Crippen LogP contribution in [0.25, 0.3) is 0 Å². The number of nitrogens with one attached hydrogen (secondary N) is 1. The van der Waals surface area contributed by atoms with E-state index in [1.165, 1.54) is 18.5 Å². The molecule has 0 atom stereocenters. The average Bonchev–Trinajstić information content (AvgIpc) is 2.26. The van der Waals surface area contributed by atoms with Gasteiger partial charge in [-0.1, -0.05) is 30.3 Å². The minimum absolute atomic E-state index is 0.566. The largest absolute Gasteiger partial charge is 0.422 e. The molecular formula is C14H27N2OSi+. The van der Waals surface area contributed by atoms with Gasteiger partial charge in [0.05, 0.1) is 33.8 Å². The van der Waals surface area contributed by atoms with Crippen LogP contribution in [0.2, 0.25) is 0 Å². The summed E-state index contributed by atoms with van der Waals surface area (Å²) in [5.41, 5.74) is 1.44. The molecule has 2 rings (SSSR count). The molecule has 0 saturated carbocycles. The zero-order chi connectivity index (χ0) is 13.4. The van der Waals surface area contributed by atoms with Crippen LogP contribution in [0.5, 0.6) is 0 Å². The maximum absolute atomic E-state index is 5.06. The number of nitrogens with zero attached hydrogens (tertiary/aromatic N) is 1. The first-order valence-electron chi connectivity index (χ1n) is 6.59. The Bertz CT molecular complexity index is 318. The van der Waals surface area contributed by atoms with Gasteiger partial charge in [-0.2, -0.15) is 0 Å². The van der Waals surface area contributed by atoms with Gasteiger partial charge in [0.2, 0.25) is 0 Å². The number of hydrogen-bond acceptors (Lipinski definition) is 2. The lowest BCUT2D eigenvalue weighted by atomic mass is 10.1. The molecule has 1 aliphatic heterocycles. The van der Waals surface area contributed by atoms with Crippen molar-refractivity contribution in [3.8, 4) is 0 Å². The number of hydrogen-bond donors (Lipinski definition) is 1. The van der Waals surface area contributed by atoms with Crippen LogP contribution in [0, 0.1) is 0 Å². The van der Waals surface area contributed by atoms with Gasteiger partial charge in [-0.15, -0.1) is 0 Å². The maximum atomic E-state index is 5.06. The van der Waals surface area contributed by atoms with E-state index in [0.717, 1.165) is 28.1 Å². The van der Waals surface area contributed by atoms with E-state index in [9.17, 15) is 0 Å². The van der Waals surface area contributed by atoms with Crippen LogP contribution in [0.1, 0.15) is 5.56 Å². The van der Waals surface area contributed by atoms with Crippen LogP contribution >= 0.6 is 0 Å². The van der Waals surface area contributed by atoms with Gasteiger partial charge >= 0.3 is 0 Å². The van der Waals surface area contributed by atoms with E-state index in [1.54, 1.807) is 0 Å². The molecule has 1 fully saturated rings. The van der Waals surface area contributed by atoms with E-state index in [0.29, 0.717) is 6.10 Å². The summed E-state index contributed by atoms with van der Waals surface area (Å²) in [6, 6.07) is 10.6. The zero-order valence-electron chi connectivity index (χ0n) is 12.1. The summed E-state index contributed by atoms with van der Waals surface area (Å²) >= 11 is 0. The normalized spacial score (nSPS) is 15.7. The zero-order valence-corrected chi connectivity index (χ0v) is 14.1. The fourth-order valence-corrected chi connectivity index (χ4v) is 1.87. The number of benzene rings is 1. The summed E-state index contributed by atoms with van der Waals surface area (Å²) in [6.45, 7) is 3.34. The summed E-state index contributed by atoms with van der Waals surface area (Å²) in [7, 11) is 7.57. The van der Waals surface area contributed by atoms with E-state index < -0.39 is 0 Å². The fourth-order valence-electron chi connectivity index (χ4n) is 1.54. The lowest BCUT2D eigenvalue weighted by Gasteiger charge is -2.25. The fraction of sp³-hybridized carbons (Fsp3) is 0.571. The smallest absolute Gasteiger partial charge is 0.146 e. The van der Waals surface area contributed by atoms with Gasteiger partial charge in [0, 0.05) is 19.5 Å². The van der Waals surface area contributed by atoms with Gasteiger partial charge in [-0.05, 0) is 5.56 Å². The summed E-state index contributed by atoms with van der Waals surface area (Å²) in [5.74, 6) is 0. The first-order valence-corrected chi connectivity index (χ1v) is 7.41. The number of quaternary nitrogens is 1. The Labute approximate surface area is 114 Å². The second kappa shape index (κ2) is 7.69. The summed E-state index contributed by atoms with van der Waals surface area (Å²) in [4.78, 5) is 0. The molecule has 0 aromatic heterocycles. The Morgan fingerprint density at radius 1 is 1.22 bits per heavy atom. The van der Waals surface area contributed by atoms with E-state index >= 15 is 0 Å². The lowest BCUT2D eigenvalue weighted by molar-refractivity contribution is -0.870. The number of rotatable bonds is 4. The van der Waals surface area contributed by atoms with Crippen LogP contribution in [0.4, 0.5) is 0 Å². The molecule has 1 aromatic carbocycles. The predicted molar refractivity (Wildman–Crippen MR) is 80.7 cm³/mol. The van der Waals surface area contributed by atoms with E-state index in [2.05, 4.69) is 56.8 Å². The van der Waals surface area contributed by atoms with Crippen LogP contribution < -0.4 is 5.32 Å². The highest BCUT2D eigenvalue weighted by atomic mass is 28.2. The molecule has 0 spiro atoms. The topological polar surface area (TPSA) is 21.3 Å². The molecule has 18 heavy (non-hydrogen) atoms. The third-order valence-electron chi connectivity index (χ3n) is 2.99. The van der Waals surface area contributed by atoms with Crippen molar-refractivity contribution in [1.29, 1.82) is 0 Å². The molecule has 0 aliphatic carbocycles. The molecule has 1 aliphatic rings. The highest BCUT2D eigenvalue weighted by Crippen LogP contribution is 2.02. The molecule has 1 saturated heterocycles. The molecule has 102 valence electrons. The van der Waals surface area contributed by atoms with Crippen LogP contribution in [0.15, 0.2) is 30.3 Å². The molecule has 0 bridgehead atoms. The Balaban J connectivity index is 0.000000225. The Morgan fingerprint density at radius 2 is 1.83 bits per heavy atom. The molecule has 1 aromatic rings. The van der Waals surface area contributed by atoms with Crippen molar-refractivity contribution in [2.24, 2.45) is 0 Å². The third-order valence-corrected chi connectivity index (χ3v) is 3.66. The van der Waals surface area contributed by atoms with Crippen molar-refractivity contribution in [3.05, 3.63) is 35.9 Å². The minimum atomic E-state index is 0.566. The second-order valence-corrected chi connectivity index (χ2v) is 6.24. The quantitative estimate of drug-likeness (QED) is 0.621. The molecule has 0 unspecified atom stereocenters. The van der Waals surface area contributed by atoms with Crippen molar-refractivity contribution in [2.45, 2.75) is 12.5 Å². The SMILES string of the molecule is C[N+](C)(C)CCc1ccccc1.[SiH3]OC1CNC1. The summed E-state index contributed by atoms with van der Waals surface area (Å²) in [6.07, 6.45) is 1.74. The first kappa shape index (κ1) is 15.4. The second-order valence-electron chi connectivity index (χ2n) is 5.77. The molecule has 0 radical (unpaired) electrons. The highest BCUT2D eigenvalue weighted by Gasteiger charge is 2.13. The molecule has 1 heterocycles. The minimum Gasteiger partial charge on any atom is -0.422 e. The van der Waals surface area contributed by atoms with Gasteiger partial charge in [0.25, 0.3) is 0 Å². The van der Waals surface area contributed by atoms with Gasteiger partial charge in [-0.25, -0.2) is 0 Å². The molecule has 0 amide bonds. The van der Waals surface area contributed by atoms with Crippen LogP contribution in [-0.4, -0.2) is 61.9 Å². The van der Waals surface area contributed by atoms with Gasteiger partial charge in [0.15, 0.2) is 0 Å². The monoisotopic (exact) mass is 267 g/mol. The van der Waals surface area contributed by atoms with Crippen molar-refractivity contribution < 1.29 is 8.91 Å². The molecular weight excluding hydrogens is 240 g/mol. The maximum Gasteiger partial charge on any atom is 0.146 e. The van der Waals surface area contributed by atoms with E-state index in [-0.39, 0.29) is 0 Å². The van der Waals surface area contributed by atoms with Crippen molar-refractivity contribution in [1.82, 2.24) is 5.32 Å². The van der Waals surface area contributed by atoms with Gasteiger partial charge < -0.3 is 14.2 Å². The van der Waals surface area contributed by atoms with Crippen molar-refractivity contribution in [3.63, 3.8) is 0 Å². The Morgan fingerprint density at radius 3 is 2.17 bits per heavy atom.